The minimum absolute atomic E-state index is 0.0410. The molecule has 0 aliphatic carbocycles. The number of amides is 1. The molecule has 1 aromatic carbocycles. The summed E-state index contributed by atoms with van der Waals surface area (Å²) in [5.74, 6) is 0.732. The summed E-state index contributed by atoms with van der Waals surface area (Å²) in [5.41, 5.74) is 1.57. The molecule has 1 unspecified atom stereocenters. The van der Waals surface area contributed by atoms with Crippen LogP contribution in [0, 0.1) is 5.82 Å². The highest BCUT2D eigenvalue weighted by Gasteiger charge is 2.28. The van der Waals surface area contributed by atoms with E-state index in [1.165, 1.54) is 13.2 Å². The van der Waals surface area contributed by atoms with Gasteiger partial charge in [0.15, 0.2) is 11.5 Å². The number of ether oxygens (including phenoxy) is 1. The van der Waals surface area contributed by atoms with E-state index in [1.54, 1.807) is 22.8 Å². The fourth-order valence-corrected chi connectivity index (χ4v) is 3.51. The van der Waals surface area contributed by atoms with Crippen LogP contribution in [0.5, 0.6) is 0 Å². The summed E-state index contributed by atoms with van der Waals surface area (Å²) < 4.78 is 20.1. The van der Waals surface area contributed by atoms with Crippen LogP contribution in [0.1, 0.15) is 24.4 Å². The number of hydrogen-bond donors (Lipinski definition) is 1. The van der Waals surface area contributed by atoms with Crippen molar-refractivity contribution in [1.29, 1.82) is 0 Å². The van der Waals surface area contributed by atoms with Crippen molar-refractivity contribution in [2.75, 3.05) is 30.5 Å². The number of fused-ring (bicyclic) bond motifs is 1. The lowest BCUT2D eigenvalue weighted by Crippen LogP contribution is -2.24. The van der Waals surface area contributed by atoms with Crippen LogP contribution in [-0.4, -0.2) is 40.8 Å². The summed E-state index contributed by atoms with van der Waals surface area (Å²) in [5, 5.41) is 7.40. The molecule has 1 aliphatic heterocycles. The Bertz CT molecular complexity index is 974. The highest BCUT2D eigenvalue weighted by Crippen LogP contribution is 2.35. The smallest absolute Gasteiger partial charge is 0.251 e. The molecule has 0 saturated carbocycles. The average Bonchev–Trinajstić information content (AvgIpc) is 3.29. The Morgan fingerprint density at radius 3 is 3.07 bits per heavy atom. The monoisotopic (exact) mass is 369 g/mol. The summed E-state index contributed by atoms with van der Waals surface area (Å²) in [6.07, 6.45) is 3.50. The van der Waals surface area contributed by atoms with Crippen molar-refractivity contribution in [1.82, 2.24) is 14.6 Å². The molecule has 27 heavy (non-hydrogen) atoms. The molecule has 1 atom stereocenters. The van der Waals surface area contributed by atoms with Crippen LogP contribution < -0.4 is 10.2 Å². The molecule has 0 radical (unpaired) electrons. The number of hydrogen-bond acceptors (Lipinski definition) is 5. The molecule has 0 spiro atoms. The van der Waals surface area contributed by atoms with E-state index in [1.807, 2.05) is 18.2 Å². The first kappa shape index (κ1) is 17.4. The van der Waals surface area contributed by atoms with Crippen molar-refractivity contribution in [2.45, 2.75) is 18.9 Å². The number of methoxy groups -OCH3 is 1. The Hall–Kier alpha value is -3.00. The van der Waals surface area contributed by atoms with E-state index in [0.717, 1.165) is 30.8 Å². The molecule has 140 valence electrons. The molecule has 4 rings (SSSR count). The van der Waals surface area contributed by atoms with Gasteiger partial charge in [-0.15, -0.1) is 5.10 Å². The lowest BCUT2D eigenvalue weighted by molar-refractivity contribution is -0.119. The van der Waals surface area contributed by atoms with Crippen molar-refractivity contribution < 1.29 is 13.9 Å². The summed E-state index contributed by atoms with van der Waals surface area (Å²) in [6.45, 7) is 0.792. The predicted molar refractivity (Wildman–Crippen MR) is 99.2 cm³/mol. The van der Waals surface area contributed by atoms with Crippen molar-refractivity contribution in [3.63, 3.8) is 0 Å². The van der Waals surface area contributed by atoms with Gasteiger partial charge in [-0.05, 0) is 42.7 Å². The maximum Gasteiger partial charge on any atom is 0.251 e. The molecular formula is C19H20FN5O2. The molecule has 1 saturated heterocycles. The zero-order valence-electron chi connectivity index (χ0n) is 14.9. The summed E-state index contributed by atoms with van der Waals surface area (Å²) in [6, 6.07) is 10.5. The number of aromatic nitrogens is 3. The molecule has 1 aliphatic rings. The summed E-state index contributed by atoms with van der Waals surface area (Å²) in [4.78, 5) is 18.2. The van der Waals surface area contributed by atoms with Crippen molar-refractivity contribution in [3.05, 3.63) is 54.0 Å². The van der Waals surface area contributed by atoms with Crippen LogP contribution in [0.15, 0.2) is 42.6 Å². The average molecular weight is 369 g/mol. The Morgan fingerprint density at radius 2 is 2.26 bits per heavy atom. The van der Waals surface area contributed by atoms with E-state index in [4.69, 9.17) is 4.74 Å². The SMILES string of the molecule is COCC(=O)Nc1cnc2ccc(N3CCCC3c3cccc(F)c3)nn12. The number of benzene rings is 1. The van der Waals surface area contributed by atoms with E-state index in [9.17, 15) is 9.18 Å². The molecule has 0 bridgehead atoms. The van der Waals surface area contributed by atoms with Crippen molar-refractivity contribution in [3.8, 4) is 0 Å². The molecule has 2 aromatic heterocycles. The van der Waals surface area contributed by atoms with E-state index in [0.29, 0.717) is 11.5 Å². The van der Waals surface area contributed by atoms with E-state index < -0.39 is 0 Å². The molecule has 7 nitrogen and oxygen atoms in total. The molecule has 1 fully saturated rings. The number of nitrogens with zero attached hydrogens (tertiary/aromatic N) is 4. The quantitative estimate of drug-likeness (QED) is 0.749. The molecule has 1 amide bonds. The van der Waals surface area contributed by atoms with Crippen LogP contribution in [-0.2, 0) is 9.53 Å². The fraction of sp³-hybridized carbons (Fsp3) is 0.316. The topological polar surface area (TPSA) is 71.8 Å². The van der Waals surface area contributed by atoms with Gasteiger partial charge < -0.3 is 15.0 Å². The zero-order valence-corrected chi connectivity index (χ0v) is 14.9. The molecule has 3 aromatic rings. The van der Waals surface area contributed by atoms with Crippen LogP contribution >= 0.6 is 0 Å². The van der Waals surface area contributed by atoms with Crippen LogP contribution in [0.2, 0.25) is 0 Å². The van der Waals surface area contributed by atoms with Gasteiger partial charge >= 0.3 is 0 Å². The highest BCUT2D eigenvalue weighted by atomic mass is 19.1. The third-order valence-corrected chi connectivity index (χ3v) is 4.67. The second-order valence-electron chi connectivity index (χ2n) is 6.49. The number of carbonyl (C=O) groups excluding carboxylic acids is 1. The Labute approximate surface area is 155 Å². The third kappa shape index (κ3) is 3.48. The lowest BCUT2D eigenvalue weighted by atomic mass is 10.0. The maximum absolute atomic E-state index is 13.7. The van der Waals surface area contributed by atoms with Crippen molar-refractivity contribution in [2.24, 2.45) is 0 Å². The fourth-order valence-electron chi connectivity index (χ4n) is 3.51. The first-order chi connectivity index (χ1) is 13.2. The van der Waals surface area contributed by atoms with Gasteiger partial charge in [0.2, 0.25) is 0 Å². The van der Waals surface area contributed by atoms with Gasteiger partial charge in [0, 0.05) is 13.7 Å². The van der Waals surface area contributed by atoms with Crippen molar-refractivity contribution >= 4 is 23.2 Å². The van der Waals surface area contributed by atoms with Crippen LogP contribution in [0.4, 0.5) is 16.0 Å². The Morgan fingerprint density at radius 1 is 1.37 bits per heavy atom. The lowest BCUT2D eigenvalue weighted by Gasteiger charge is -2.26. The van der Waals surface area contributed by atoms with Gasteiger partial charge in [-0.25, -0.2) is 9.37 Å². The van der Waals surface area contributed by atoms with E-state index >= 15 is 0 Å². The Kier molecular flexibility index (Phi) is 4.72. The molecule has 3 heterocycles. The minimum atomic E-state index is -0.273. The summed E-state index contributed by atoms with van der Waals surface area (Å²) in [7, 11) is 1.46. The van der Waals surface area contributed by atoms with Gasteiger partial charge in [0.25, 0.3) is 5.91 Å². The number of imidazole rings is 1. The molecular weight excluding hydrogens is 349 g/mol. The molecule has 1 N–H and O–H groups in total. The number of carbonyl (C=O) groups is 1. The first-order valence-corrected chi connectivity index (χ1v) is 8.81. The number of anilines is 2. The number of halogens is 1. The summed E-state index contributed by atoms with van der Waals surface area (Å²) >= 11 is 0. The van der Waals surface area contributed by atoms with Gasteiger partial charge in [-0.1, -0.05) is 12.1 Å². The number of rotatable bonds is 5. The highest BCUT2D eigenvalue weighted by molar-refractivity contribution is 5.91. The predicted octanol–water partition coefficient (Wildman–Crippen LogP) is 2.79. The normalized spacial score (nSPS) is 16.8. The minimum Gasteiger partial charge on any atom is -0.375 e. The van der Waals surface area contributed by atoms with Gasteiger partial charge in [0.1, 0.15) is 18.2 Å². The number of nitrogens with one attached hydrogen (secondary N) is 1. The van der Waals surface area contributed by atoms with Gasteiger partial charge in [-0.3, -0.25) is 4.79 Å². The first-order valence-electron chi connectivity index (χ1n) is 8.81. The standard InChI is InChI=1S/C19H20FN5O2/c1-27-12-19(26)22-18-11-21-16-7-8-17(23-25(16)18)24-9-3-6-15(24)13-4-2-5-14(20)10-13/h2,4-5,7-8,10-11,15H,3,6,9,12H2,1H3,(H,22,26). The van der Waals surface area contributed by atoms with E-state index in [-0.39, 0.29) is 24.4 Å². The second kappa shape index (κ2) is 7.32. The molecule has 8 heteroatoms. The second-order valence-corrected chi connectivity index (χ2v) is 6.49. The third-order valence-electron chi connectivity index (χ3n) is 4.67. The van der Waals surface area contributed by atoms with Gasteiger partial charge in [-0.2, -0.15) is 4.52 Å². The maximum atomic E-state index is 13.7. The van der Waals surface area contributed by atoms with Crippen LogP contribution in [0.25, 0.3) is 5.65 Å². The largest absolute Gasteiger partial charge is 0.375 e. The van der Waals surface area contributed by atoms with E-state index in [2.05, 4.69) is 20.3 Å². The Balaban J connectivity index is 1.65. The van der Waals surface area contributed by atoms with Crippen LogP contribution in [0.3, 0.4) is 0 Å². The zero-order chi connectivity index (χ0) is 18.8. The van der Waals surface area contributed by atoms with Gasteiger partial charge in [0.05, 0.1) is 12.2 Å².